The van der Waals surface area contributed by atoms with Gasteiger partial charge in [0.2, 0.25) is 0 Å². The van der Waals surface area contributed by atoms with Gasteiger partial charge in [-0.05, 0) is 62.7 Å². The van der Waals surface area contributed by atoms with Crippen LogP contribution in [0.25, 0.3) is 0 Å². The largest absolute Gasteiger partial charge is 0.495 e. The number of amides is 2. The Morgan fingerprint density at radius 3 is 2.47 bits per heavy atom. The first-order valence-electron chi connectivity index (χ1n) is 10.6. The minimum atomic E-state index is -0.694. The van der Waals surface area contributed by atoms with Crippen LogP contribution in [-0.4, -0.2) is 48.0 Å². The number of likely N-dealkylation sites (tertiary alicyclic amines) is 1. The maximum absolute atomic E-state index is 12.6. The smallest absolute Gasteiger partial charge is 0.313 e. The molecule has 1 aromatic heterocycles. The Morgan fingerprint density at radius 2 is 1.83 bits per heavy atom. The van der Waals surface area contributed by atoms with Crippen LogP contribution in [0.5, 0.6) is 5.75 Å². The van der Waals surface area contributed by atoms with Crippen molar-refractivity contribution in [2.75, 3.05) is 32.1 Å². The van der Waals surface area contributed by atoms with Crippen LogP contribution in [0.2, 0.25) is 0 Å². The molecule has 1 saturated heterocycles. The molecule has 7 heteroatoms. The fourth-order valence-corrected chi connectivity index (χ4v) is 4.02. The van der Waals surface area contributed by atoms with E-state index in [0.29, 0.717) is 18.0 Å². The summed E-state index contributed by atoms with van der Waals surface area (Å²) in [5, 5.41) is 5.51. The van der Waals surface area contributed by atoms with E-state index in [1.165, 1.54) is 20.0 Å². The Labute approximate surface area is 178 Å². The van der Waals surface area contributed by atoms with Crippen molar-refractivity contribution in [2.24, 2.45) is 7.05 Å². The molecule has 1 atom stereocenters. The molecule has 30 heavy (non-hydrogen) atoms. The SMILES string of the molecule is COc1ccc(C)cc1NC(=O)C(=O)NCC(c1cccn1C)N1CCCCCC1. The van der Waals surface area contributed by atoms with Gasteiger partial charge < -0.3 is 19.9 Å². The van der Waals surface area contributed by atoms with Gasteiger partial charge in [-0.2, -0.15) is 0 Å². The number of methoxy groups -OCH3 is 1. The molecule has 1 aliphatic rings. The van der Waals surface area contributed by atoms with Gasteiger partial charge in [0.05, 0.1) is 18.8 Å². The first-order valence-corrected chi connectivity index (χ1v) is 10.6. The normalized spacial score (nSPS) is 15.8. The van der Waals surface area contributed by atoms with E-state index in [-0.39, 0.29) is 6.04 Å². The first-order chi connectivity index (χ1) is 14.5. The number of hydrogen-bond donors (Lipinski definition) is 2. The number of benzene rings is 1. The van der Waals surface area contributed by atoms with E-state index in [0.717, 1.165) is 37.2 Å². The van der Waals surface area contributed by atoms with Crippen molar-refractivity contribution >= 4 is 17.5 Å². The number of nitrogens with one attached hydrogen (secondary N) is 2. The predicted octanol–water partition coefficient (Wildman–Crippen LogP) is 3.01. The topological polar surface area (TPSA) is 75.6 Å². The molecule has 0 aliphatic carbocycles. The second kappa shape index (κ2) is 10.3. The average molecular weight is 413 g/mol. The van der Waals surface area contributed by atoms with Crippen LogP contribution in [0.15, 0.2) is 36.5 Å². The second-order valence-electron chi connectivity index (χ2n) is 7.88. The van der Waals surface area contributed by atoms with E-state index >= 15 is 0 Å². The van der Waals surface area contributed by atoms with E-state index in [2.05, 4.69) is 26.2 Å². The van der Waals surface area contributed by atoms with Crippen molar-refractivity contribution < 1.29 is 14.3 Å². The van der Waals surface area contributed by atoms with Crippen molar-refractivity contribution in [3.8, 4) is 5.75 Å². The van der Waals surface area contributed by atoms with Crippen molar-refractivity contribution in [3.05, 3.63) is 47.8 Å². The summed E-state index contributed by atoms with van der Waals surface area (Å²) in [5.74, 6) is -0.819. The number of aromatic nitrogens is 1. The minimum Gasteiger partial charge on any atom is -0.495 e. The molecule has 1 aromatic carbocycles. The van der Waals surface area contributed by atoms with Crippen molar-refractivity contribution in [2.45, 2.75) is 38.6 Å². The summed E-state index contributed by atoms with van der Waals surface area (Å²) in [6, 6.07) is 9.58. The maximum atomic E-state index is 12.6. The zero-order valence-electron chi connectivity index (χ0n) is 18.1. The molecule has 7 nitrogen and oxygen atoms in total. The highest BCUT2D eigenvalue weighted by Crippen LogP contribution is 2.26. The van der Waals surface area contributed by atoms with Gasteiger partial charge in [0.1, 0.15) is 5.75 Å². The monoisotopic (exact) mass is 412 g/mol. The van der Waals surface area contributed by atoms with Gasteiger partial charge in [-0.25, -0.2) is 0 Å². The Bertz CT molecular complexity index is 869. The predicted molar refractivity (Wildman–Crippen MR) is 118 cm³/mol. The molecule has 0 radical (unpaired) electrons. The lowest BCUT2D eigenvalue weighted by atomic mass is 10.1. The molecular weight excluding hydrogens is 380 g/mol. The molecule has 162 valence electrons. The summed E-state index contributed by atoms with van der Waals surface area (Å²) in [7, 11) is 3.55. The summed E-state index contributed by atoms with van der Waals surface area (Å²) in [5.41, 5.74) is 2.60. The third kappa shape index (κ3) is 5.42. The van der Waals surface area contributed by atoms with Gasteiger partial charge in [0.25, 0.3) is 0 Å². The Kier molecular flexibility index (Phi) is 7.52. The Morgan fingerprint density at radius 1 is 1.10 bits per heavy atom. The number of aryl methyl sites for hydroxylation is 2. The number of anilines is 1. The number of ether oxygens (including phenoxy) is 1. The molecule has 0 saturated carbocycles. The molecule has 2 aromatic rings. The molecule has 0 spiro atoms. The Hall–Kier alpha value is -2.80. The van der Waals surface area contributed by atoms with E-state index in [4.69, 9.17) is 4.74 Å². The summed E-state index contributed by atoms with van der Waals surface area (Å²) >= 11 is 0. The average Bonchev–Trinajstić information content (AvgIpc) is 2.98. The summed E-state index contributed by atoms with van der Waals surface area (Å²) < 4.78 is 7.36. The van der Waals surface area contributed by atoms with Gasteiger partial charge in [0.15, 0.2) is 0 Å². The summed E-state index contributed by atoms with van der Waals surface area (Å²) in [6.45, 7) is 4.30. The van der Waals surface area contributed by atoms with Gasteiger partial charge in [-0.3, -0.25) is 14.5 Å². The fraction of sp³-hybridized carbons (Fsp3) is 0.478. The van der Waals surface area contributed by atoms with Gasteiger partial charge >= 0.3 is 11.8 Å². The highest BCUT2D eigenvalue weighted by Gasteiger charge is 2.25. The fourth-order valence-electron chi connectivity index (χ4n) is 4.02. The van der Waals surface area contributed by atoms with E-state index < -0.39 is 11.8 Å². The zero-order valence-corrected chi connectivity index (χ0v) is 18.1. The van der Waals surface area contributed by atoms with Crippen molar-refractivity contribution in [1.29, 1.82) is 0 Å². The van der Waals surface area contributed by atoms with Gasteiger partial charge in [-0.1, -0.05) is 18.9 Å². The van der Waals surface area contributed by atoms with Gasteiger partial charge in [0, 0.05) is 25.5 Å². The standard InChI is InChI=1S/C23H32N4O3/c1-17-10-11-21(30-3)18(15-17)25-23(29)22(28)24-16-20(19-9-8-12-26(19)2)27-13-6-4-5-7-14-27/h8-12,15,20H,4-7,13-14,16H2,1-3H3,(H,24,28)(H,25,29). The first kappa shape index (κ1) is 21.9. The lowest BCUT2D eigenvalue weighted by Crippen LogP contribution is -2.43. The lowest BCUT2D eigenvalue weighted by Gasteiger charge is -2.31. The van der Waals surface area contributed by atoms with E-state index in [1.807, 2.05) is 32.3 Å². The summed E-state index contributed by atoms with van der Waals surface area (Å²) in [4.78, 5) is 27.5. The van der Waals surface area contributed by atoms with Crippen molar-refractivity contribution in [1.82, 2.24) is 14.8 Å². The lowest BCUT2D eigenvalue weighted by molar-refractivity contribution is -0.136. The number of rotatable bonds is 6. The highest BCUT2D eigenvalue weighted by atomic mass is 16.5. The second-order valence-corrected chi connectivity index (χ2v) is 7.88. The third-order valence-corrected chi connectivity index (χ3v) is 5.67. The highest BCUT2D eigenvalue weighted by molar-refractivity contribution is 6.39. The van der Waals surface area contributed by atoms with Crippen LogP contribution in [0.3, 0.4) is 0 Å². The molecule has 1 aliphatic heterocycles. The molecule has 1 fully saturated rings. The minimum absolute atomic E-state index is 0.0355. The van der Waals surface area contributed by atoms with Crippen LogP contribution >= 0.6 is 0 Å². The van der Waals surface area contributed by atoms with Crippen LogP contribution in [-0.2, 0) is 16.6 Å². The molecular formula is C23H32N4O3. The molecule has 3 rings (SSSR count). The molecule has 2 amide bonds. The van der Waals surface area contributed by atoms with Crippen molar-refractivity contribution in [3.63, 3.8) is 0 Å². The van der Waals surface area contributed by atoms with E-state index in [1.54, 1.807) is 12.1 Å². The number of carbonyl (C=O) groups excluding carboxylic acids is 2. The maximum Gasteiger partial charge on any atom is 0.313 e. The quantitative estimate of drug-likeness (QED) is 0.715. The molecule has 2 heterocycles. The number of hydrogen-bond acceptors (Lipinski definition) is 4. The van der Waals surface area contributed by atoms with Gasteiger partial charge in [-0.15, -0.1) is 0 Å². The molecule has 2 N–H and O–H groups in total. The van der Waals surface area contributed by atoms with Crippen LogP contribution in [0, 0.1) is 6.92 Å². The zero-order chi connectivity index (χ0) is 21.5. The number of carbonyl (C=O) groups is 2. The van der Waals surface area contributed by atoms with Crippen LogP contribution < -0.4 is 15.4 Å². The van der Waals surface area contributed by atoms with Crippen LogP contribution in [0.1, 0.15) is 43.0 Å². The third-order valence-electron chi connectivity index (χ3n) is 5.67. The Balaban J connectivity index is 1.67. The molecule has 0 bridgehead atoms. The van der Waals surface area contributed by atoms with E-state index in [9.17, 15) is 9.59 Å². The van der Waals surface area contributed by atoms with Crippen LogP contribution in [0.4, 0.5) is 5.69 Å². The number of nitrogens with zero attached hydrogens (tertiary/aromatic N) is 2. The molecule has 1 unspecified atom stereocenters. The summed E-state index contributed by atoms with van der Waals surface area (Å²) in [6.07, 6.45) is 6.80.